The highest BCUT2D eigenvalue weighted by atomic mass is 19.1. The second kappa shape index (κ2) is 6.23. The topological polar surface area (TPSA) is 61.2 Å². The lowest BCUT2D eigenvalue weighted by Crippen LogP contribution is -2.24. The minimum atomic E-state index is -0.640. The monoisotopic (exact) mass is 326 g/mol. The molecule has 0 unspecified atom stereocenters. The van der Waals surface area contributed by atoms with Crippen LogP contribution in [0.1, 0.15) is 29.1 Å². The average Bonchev–Trinajstić information content (AvgIpc) is 2.58. The van der Waals surface area contributed by atoms with Crippen molar-refractivity contribution in [1.29, 1.82) is 0 Å². The molecule has 2 aromatic carbocycles. The molecule has 6 heteroatoms. The number of hydrogen-bond acceptors (Lipinski definition) is 4. The van der Waals surface area contributed by atoms with E-state index in [1.807, 2.05) is 0 Å². The van der Waals surface area contributed by atoms with Gasteiger partial charge in [0.25, 0.3) is 5.56 Å². The third kappa shape index (κ3) is 2.90. The van der Waals surface area contributed by atoms with Gasteiger partial charge in [-0.05, 0) is 30.7 Å². The summed E-state index contributed by atoms with van der Waals surface area (Å²) in [5.74, 6) is -0.998. The van der Waals surface area contributed by atoms with Crippen LogP contribution in [0.15, 0.2) is 53.3 Å². The second-order valence-corrected chi connectivity index (χ2v) is 5.42. The fourth-order valence-electron chi connectivity index (χ4n) is 2.47. The Hall–Kier alpha value is -3.02. The summed E-state index contributed by atoms with van der Waals surface area (Å²) in [7, 11) is 1.48. The zero-order valence-electron chi connectivity index (χ0n) is 13.2. The third-order valence-electron chi connectivity index (χ3n) is 3.77. The molecule has 0 N–H and O–H groups in total. The minimum Gasteiger partial charge on any atom is -0.453 e. The van der Waals surface area contributed by atoms with E-state index in [9.17, 15) is 14.0 Å². The number of carbonyl (C=O) groups excluding carboxylic acids is 1. The van der Waals surface area contributed by atoms with Crippen LogP contribution in [0, 0.1) is 5.82 Å². The Morgan fingerprint density at radius 3 is 2.42 bits per heavy atom. The van der Waals surface area contributed by atoms with Gasteiger partial charge in [-0.25, -0.2) is 13.9 Å². The van der Waals surface area contributed by atoms with Crippen LogP contribution < -0.4 is 5.56 Å². The van der Waals surface area contributed by atoms with Gasteiger partial charge in [0.1, 0.15) is 11.9 Å². The molecule has 0 saturated carbocycles. The predicted molar refractivity (Wildman–Crippen MR) is 87.2 cm³/mol. The van der Waals surface area contributed by atoms with Crippen molar-refractivity contribution in [3.8, 4) is 0 Å². The number of nitrogens with zero attached hydrogens (tertiary/aromatic N) is 2. The first-order chi connectivity index (χ1) is 11.5. The average molecular weight is 326 g/mol. The van der Waals surface area contributed by atoms with Crippen LogP contribution in [0.2, 0.25) is 0 Å². The number of benzene rings is 2. The van der Waals surface area contributed by atoms with Gasteiger partial charge in [0, 0.05) is 12.4 Å². The molecular weight excluding hydrogens is 311 g/mol. The first-order valence-corrected chi connectivity index (χ1v) is 7.40. The Morgan fingerprint density at radius 2 is 1.75 bits per heavy atom. The van der Waals surface area contributed by atoms with Gasteiger partial charge in [-0.1, -0.05) is 30.3 Å². The van der Waals surface area contributed by atoms with Crippen LogP contribution in [0.25, 0.3) is 10.8 Å². The van der Waals surface area contributed by atoms with Gasteiger partial charge in [0.05, 0.1) is 5.39 Å². The van der Waals surface area contributed by atoms with Crippen LogP contribution in [0.4, 0.5) is 4.39 Å². The fraction of sp³-hybridized carbons (Fsp3) is 0.167. The maximum atomic E-state index is 13.0. The highest BCUT2D eigenvalue weighted by molar-refractivity contribution is 6.02. The van der Waals surface area contributed by atoms with E-state index in [4.69, 9.17) is 4.74 Å². The molecule has 0 bridgehead atoms. The van der Waals surface area contributed by atoms with E-state index >= 15 is 0 Å². The van der Waals surface area contributed by atoms with E-state index in [-0.39, 0.29) is 17.1 Å². The zero-order chi connectivity index (χ0) is 17.3. The molecule has 0 aliphatic heterocycles. The van der Waals surface area contributed by atoms with E-state index in [0.29, 0.717) is 16.3 Å². The number of ether oxygens (including phenoxy) is 1. The molecule has 3 rings (SSSR count). The Kier molecular flexibility index (Phi) is 4.12. The second-order valence-electron chi connectivity index (χ2n) is 5.42. The number of aryl methyl sites for hydroxylation is 1. The van der Waals surface area contributed by atoms with Crippen LogP contribution in [0.5, 0.6) is 0 Å². The number of carbonyl (C=O) groups is 1. The Morgan fingerprint density at radius 1 is 1.12 bits per heavy atom. The standard InChI is InChI=1S/C18H15FN2O3/c1-11(12-7-9-13(19)10-8-12)24-18(23)16-14-5-3-4-6-15(14)17(22)21(2)20-16/h3-11H,1-2H3/t11-/m0/s1. The van der Waals surface area contributed by atoms with E-state index < -0.39 is 12.1 Å². The molecule has 1 heterocycles. The number of hydrogen-bond donors (Lipinski definition) is 0. The summed E-state index contributed by atoms with van der Waals surface area (Å²) < 4.78 is 19.5. The number of fused-ring (bicyclic) bond motifs is 1. The molecule has 0 amide bonds. The van der Waals surface area contributed by atoms with Gasteiger partial charge in [-0.15, -0.1) is 0 Å². The summed E-state index contributed by atoms with van der Waals surface area (Å²) >= 11 is 0. The highest BCUT2D eigenvalue weighted by Crippen LogP contribution is 2.21. The van der Waals surface area contributed by atoms with Crippen molar-refractivity contribution >= 4 is 16.7 Å². The number of esters is 1. The van der Waals surface area contributed by atoms with Crippen molar-refractivity contribution in [3.05, 3.63) is 76.0 Å². The molecular formula is C18H15FN2O3. The molecule has 0 saturated heterocycles. The lowest BCUT2D eigenvalue weighted by molar-refractivity contribution is 0.0330. The zero-order valence-corrected chi connectivity index (χ0v) is 13.2. The van der Waals surface area contributed by atoms with E-state index in [0.717, 1.165) is 4.68 Å². The van der Waals surface area contributed by atoms with E-state index in [1.54, 1.807) is 43.3 Å². The van der Waals surface area contributed by atoms with E-state index in [1.165, 1.54) is 19.2 Å². The molecule has 1 aromatic heterocycles. The third-order valence-corrected chi connectivity index (χ3v) is 3.77. The maximum absolute atomic E-state index is 13.0. The van der Waals surface area contributed by atoms with Crippen molar-refractivity contribution in [1.82, 2.24) is 9.78 Å². The summed E-state index contributed by atoms with van der Waals surface area (Å²) in [5, 5.41) is 4.87. The van der Waals surface area contributed by atoms with E-state index in [2.05, 4.69) is 5.10 Å². The summed E-state index contributed by atoms with van der Waals surface area (Å²) in [6.45, 7) is 1.69. The lowest BCUT2D eigenvalue weighted by Gasteiger charge is -2.14. The van der Waals surface area contributed by atoms with Crippen molar-refractivity contribution < 1.29 is 13.9 Å². The molecule has 5 nitrogen and oxygen atoms in total. The molecule has 1 atom stereocenters. The first-order valence-electron chi connectivity index (χ1n) is 7.40. The van der Waals surface area contributed by atoms with Crippen molar-refractivity contribution in [2.45, 2.75) is 13.0 Å². The SMILES string of the molecule is C[C@H](OC(=O)c1nn(C)c(=O)c2ccccc12)c1ccc(F)cc1. The van der Waals surface area contributed by atoms with Gasteiger partial charge < -0.3 is 4.74 Å². The van der Waals surface area contributed by atoms with Gasteiger partial charge in [0.2, 0.25) is 0 Å². The summed E-state index contributed by atoms with van der Waals surface area (Å²) in [5.41, 5.74) is 0.453. The molecule has 122 valence electrons. The largest absolute Gasteiger partial charge is 0.453 e. The summed E-state index contributed by atoms with van der Waals surface area (Å²) in [6.07, 6.45) is -0.573. The minimum absolute atomic E-state index is 0.0710. The molecule has 0 spiro atoms. The number of rotatable bonds is 3. The number of halogens is 1. The summed E-state index contributed by atoms with van der Waals surface area (Å²) in [6, 6.07) is 12.5. The van der Waals surface area contributed by atoms with Crippen LogP contribution in [0.3, 0.4) is 0 Å². The molecule has 0 fully saturated rings. The van der Waals surface area contributed by atoms with Crippen LogP contribution >= 0.6 is 0 Å². The van der Waals surface area contributed by atoms with Crippen molar-refractivity contribution in [2.24, 2.45) is 7.05 Å². The van der Waals surface area contributed by atoms with Gasteiger partial charge >= 0.3 is 5.97 Å². The van der Waals surface area contributed by atoms with Crippen LogP contribution in [-0.2, 0) is 11.8 Å². The van der Waals surface area contributed by atoms with Crippen molar-refractivity contribution in [2.75, 3.05) is 0 Å². The Labute approximate surface area is 137 Å². The smallest absolute Gasteiger partial charge is 0.360 e. The quantitative estimate of drug-likeness (QED) is 0.694. The Balaban J connectivity index is 1.96. The van der Waals surface area contributed by atoms with Crippen molar-refractivity contribution in [3.63, 3.8) is 0 Å². The summed E-state index contributed by atoms with van der Waals surface area (Å²) in [4.78, 5) is 24.6. The lowest BCUT2D eigenvalue weighted by atomic mass is 10.1. The van der Waals surface area contributed by atoms with Gasteiger partial charge in [-0.2, -0.15) is 5.10 Å². The predicted octanol–water partition coefficient (Wildman–Crippen LogP) is 2.99. The molecule has 24 heavy (non-hydrogen) atoms. The molecule has 0 aliphatic carbocycles. The number of aromatic nitrogens is 2. The van der Waals surface area contributed by atoms with Crippen LogP contribution in [-0.4, -0.2) is 15.7 Å². The molecule has 0 radical (unpaired) electrons. The first kappa shape index (κ1) is 15.9. The maximum Gasteiger partial charge on any atom is 0.360 e. The van der Waals surface area contributed by atoms with Gasteiger partial charge in [0.15, 0.2) is 5.69 Å². The molecule has 3 aromatic rings. The molecule has 0 aliphatic rings. The van der Waals surface area contributed by atoms with Gasteiger partial charge in [-0.3, -0.25) is 4.79 Å². The Bertz CT molecular complexity index is 964. The highest BCUT2D eigenvalue weighted by Gasteiger charge is 2.20. The normalized spacial score (nSPS) is 12.1. The fourth-order valence-corrected chi connectivity index (χ4v) is 2.47.